The second kappa shape index (κ2) is 9.92. The van der Waals surface area contributed by atoms with Gasteiger partial charge in [0.2, 0.25) is 0 Å². The van der Waals surface area contributed by atoms with E-state index in [1.54, 1.807) is 24.3 Å². The van der Waals surface area contributed by atoms with Crippen LogP contribution in [0, 0.1) is 25.2 Å². The van der Waals surface area contributed by atoms with Gasteiger partial charge in [-0.25, -0.2) is 4.98 Å². The maximum atomic E-state index is 12.2. The first-order chi connectivity index (χ1) is 16.4. The number of carbonyl (C=O) groups excluding carboxylic acids is 1. The number of allylic oxidation sites excluding steroid dienone is 1. The SMILES string of the molecule is COc1cc(C=C(C#N)c2nc3ccc(C)cc3[nH]2)ccc1OCC(=O)Nc1ccc(C)cc1. The Morgan fingerprint density at radius 3 is 2.56 bits per heavy atom. The molecule has 34 heavy (non-hydrogen) atoms. The van der Waals surface area contributed by atoms with E-state index in [1.165, 1.54) is 7.11 Å². The molecule has 7 heteroatoms. The highest BCUT2D eigenvalue weighted by atomic mass is 16.5. The molecule has 1 heterocycles. The number of hydrogen-bond acceptors (Lipinski definition) is 5. The molecule has 0 unspecified atom stereocenters. The van der Waals surface area contributed by atoms with Gasteiger partial charge in [-0.2, -0.15) is 5.26 Å². The summed E-state index contributed by atoms with van der Waals surface area (Å²) >= 11 is 0. The Morgan fingerprint density at radius 2 is 1.82 bits per heavy atom. The summed E-state index contributed by atoms with van der Waals surface area (Å²) in [4.78, 5) is 20.0. The predicted molar refractivity (Wildman–Crippen MR) is 133 cm³/mol. The van der Waals surface area contributed by atoms with E-state index in [4.69, 9.17) is 9.47 Å². The van der Waals surface area contributed by atoms with Crippen molar-refractivity contribution in [2.75, 3.05) is 19.0 Å². The summed E-state index contributed by atoms with van der Waals surface area (Å²) in [7, 11) is 1.52. The molecule has 0 aliphatic rings. The molecule has 0 atom stereocenters. The number of rotatable bonds is 7. The number of methoxy groups -OCH3 is 1. The summed E-state index contributed by atoms with van der Waals surface area (Å²) in [5.41, 5.74) is 5.73. The fraction of sp³-hybridized carbons (Fsp3) is 0.148. The number of ether oxygens (including phenoxy) is 2. The van der Waals surface area contributed by atoms with Crippen LogP contribution in [-0.2, 0) is 4.79 Å². The molecule has 4 rings (SSSR count). The Morgan fingerprint density at radius 1 is 1.06 bits per heavy atom. The molecule has 0 saturated heterocycles. The number of aromatic nitrogens is 2. The number of H-pyrrole nitrogens is 1. The zero-order valence-electron chi connectivity index (χ0n) is 19.2. The first-order valence-corrected chi connectivity index (χ1v) is 10.7. The summed E-state index contributed by atoms with van der Waals surface area (Å²) < 4.78 is 11.1. The van der Waals surface area contributed by atoms with E-state index in [0.29, 0.717) is 28.6 Å². The Hall–Kier alpha value is -4.57. The topological polar surface area (TPSA) is 100 Å². The van der Waals surface area contributed by atoms with Crippen molar-refractivity contribution in [1.29, 1.82) is 5.26 Å². The van der Waals surface area contributed by atoms with Gasteiger partial charge in [-0.05, 0) is 67.4 Å². The lowest BCUT2D eigenvalue weighted by Crippen LogP contribution is -2.20. The largest absolute Gasteiger partial charge is 0.493 e. The summed E-state index contributed by atoms with van der Waals surface area (Å²) in [5, 5.41) is 12.5. The number of hydrogen-bond donors (Lipinski definition) is 2. The summed E-state index contributed by atoms with van der Waals surface area (Å²) in [6.45, 7) is 3.82. The molecule has 2 N–H and O–H groups in total. The summed E-state index contributed by atoms with van der Waals surface area (Å²) in [6.07, 6.45) is 1.72. The van der Waals surface area contributed by atoms with Crippen molar-refractivity contribution in [3.8, 4) is 17.6 Å². The lowest BCUT2D eigenvalue weighted by atomic mass is 10.1. The van der Waals surface area contributed by atoms with Gasteiger partial charge in [-0.15, -0.1) is 0 Å². The normalized spacial score (nSPS) is 11.2. The molecule has 0 aliphatic heterocycles. The molecule has 0 saturated carbocycles. The van der Waals surface area contributed by atoms with Gasteiger partial charge in [0, 0.05) is 5.69 Å². The van der Waals surface area contributed by atoms with Crippen LogP contribution in [0.3, 0.4) is 0 Å². The van der Waals surface area contributed by atoms with Gasteiger partial charge in [0.1, 0.15) is 11.9 Å². The first kappa shape index (κ1) is 22.6. The zero-order valence-corrected chi connectivity index (χ0v) is 19.2. The van der Waals surface area contributed by atoms with Crippen molar-refractivity contribution in [2.45, 2.75) is 13.8 Å². The predicted octanol–water partition coefficient (Wildman–Crippen LogP) is 5.27. The van der Waals surface area contributed by atoms with Gasteiger partial charge in [0.05, 0.1) is 23.7 Å². The van der Waals surface area contributed by atoms with Gasteiger partial charge in [0.25, 0.3) is 5.91 Å². The third-order valence-corrected chi connectivity index (χ3v) is 5.21. The van der Waals surface area contributed by atoms with Crippen LogP contribution in [-0.4, -0.2) is 29.6 Å². The van der Waals surface area contributed by atoms with Crippen LogP contribution in [0.5, 0.6) is 11.5 Å². The second-order valence-electron chi connectivity index (χ2n) is 7.89. The number of imidazole rings is 1. The lowest BCUT2D eigenvalue weighted by Gasteiger charge is -2.12. The quantitative estimate of drug-likeness (QED) is 0.372. The highest BCUT2D eigenvalue weighted by Gasteiger charge is 2.11. The van der Waals surface area contributed by atoms with Crippen molar-refractivity contribution in [1.82, 2.24) is 9.97 Å². The molecule has 3 aromatic carbocycles. The summed E-state index contributed by atoms with van der Waals surface area (Å²) in [6, 6.07) is 20.9. The molecule has 1 aromatic heterocycles. The standard InChI is InChI=1S/C27H24N4O3/c1-17-4-8-21(9-5-17)29-26(32)16-34-24-11-7-19(14-25(24)33-3)13-20(15-28)27-30-22-10-6-18(2)12-23(22)31-27/h4-14H,16H2,1-3H3,(H,29,32)(H,30,31). The van der Waals surface area contributed by atoms with Crippen LogP contribution >= 0.6 is 0 Å². The Bertz CT molecular complexity index is 1410. The van der Waals surface area contributed by atoms with E-state index in [-0.39, 0.29) is 12.5 Å². The highest BCUT2D eigenvalue weighted by Crippen LogP contribution is 2.30. The molecule has 0 fully saturated rings. The van der Waals surface area contributed by atoms with E-state index in [9.17, 15) is 10.1 Å². The van der Waals surface area contributed by atoms with Crippen LogP contribution in [0.25, 0.3) is 22.7 Å². The number of fused-ring (bicyclic) bond motifs is 1. The van der Waals surface area contributed by atoms with Crippen molar-refractivity contribution in [3.63, 3.8) is 0 Å². The minimum Gasteiger partial charge on any atom is -0.493 e. The van der Waals surface area contributed by atoms with E-state index in [1.807, 2.05) is 56.3 Å². The second-order valence-corrected chi connectivity index (χ2v) is 7.89. The van der Waals surface area contributed by atoms with E-state index >= 15 is 0 Å². The van der Waals surface area contributed by atoms with E-state index in [0.717, 1.165) is 27.7 Å². The first-order valence-electron chi connectivity index (χ1n) is 10.7. The van der Waals surface area contributed by atoms with Gasteiger partial charge in [-0.3, -0.25) is 4.79 Å². The van der Waals surface area contributed by atoms with E-state index in [2.05, 4.69) is 21.4 Å². The number of amides is 1. The van der Waals surface area contributed by atoms with Gasteiger partial charge in [0.15, 0.2) is 18.1 Å². The number of nitrogens with zero attached hydrogens (tertiary/aromatic N) is 2. The Kier molecular flexibility index (Phi) is 6.60. The third-order valence-electron chi connectivity index (χ3n) is 5.21. The number of benzene rings is 3. The van der Waals surface area contributed by atoms with Crippen molar-refractivity contribution >= 4 is 34.3 Å². The fourth-order valence-corrected chi connectivity index (χ4v) is 3.44. The Labute approximate surface area is 197 Å². The van der Waals surface area contributed by atoms with Crippen molar-refractivity contribution in [3.05, 3.63) is 83.2 Å². The average molecular weight is 453 g/mol. The molecule has 4 aromatic rings. The summed E-state index contributed by atoms with van der Waals surface area (Å²) in [5.74, 6) is 1.10. The maximum absolute atomic E-state index is 12.2. The minimum atomic E-state index is -0.276. The molecule has 1 amide bonds. The minimum absolute atomic E-state index is 0.165. The van der Waals surface area contributed by atoms with Gasteiger partial charge < -0.3 is 19.8 Å². The zero-order chi connectivity index (χ0) is 24.1. The highest BCUT2D eigenvalue weighted by molar-refractivity contribution is 5.92. The molecular formula is C27H24N4O3. The molecule has 0 bridgehead atoms. The van der Waals surface area contributed by atoms with E-state index < -0.39 is 0 Å². The van der Waals surface area contributed by atoms with Crippen LogP contribution < -0.4 is 14.8 Å². The molecule has 0 aliphatic carbocycles. The van der Waals surface area contributed by atoms with Crippen molar-refractivity contribution in [2.24, 2.45) is 0 Å². The fourth-order valence-electron chi connectivity index (χ4n) is 3.44. The molecular weight excluding hydrogens is 428 g/mol. The van der Waals surface area contributed by atoms with Gasteiger partial charge in [-0.1, -0.05) is 29.8 Å². The molecule has 7 nitrogen and oxygen atoms in total. The number of nitriles is 1. The number of aryl methyl sites for hydroxylation is 2. The van der Waals surface area contributed by atoms with Crippen LogP contribution in [0.4, 0.5) is 5.69 Å². The average Bonchev–Trinajstić information content (AvgIpc) is 3.26. The van der Waals surface area contributed by atoms with Crippen molar-refractivity contribution < 1.29 is 14.3 Å². The van der Waals surface area contributed by atoms with Crippen LogP contribution in [0.15, 0.2) is 60.7 Å². The number of aromatic amines is 1. The third kappa shape index (κ3) is 5.25. The molecule has 0 spiro atoms. The number of anilines is 1. The monoisotopic (exact) mass is 452 g/mol. The smallest absolute Gasteiger partial charge is 0.262 e. The molecule has 0 radical (unpaired) electrons. The lowest BCUT2D eigenvalue weighted by molar-refractivity contribution is -0.118. The number of nitrogens with one attached hydrogen (secondary N) is 2. The molecule has 170 valence electrons. The number of carbonyl (C=O) groups is 1. The maximum Gasteiger partial charge on any atom is 0.262 e. The van der Waals surface area contributed by atoms with Crippen LogP contribution in [0.1, 0.15) is 22.5 Å². The van der Waals surface area contributed by atoms with Crippen LogP contribution in [0.2, 0.25) is 0 Å². The van der Waals surface area contributed by atoms with Gasteiger partial charge >= 0.3 is 0 Å². The Balaban J connectivity index is 1.49.